The van der Waals surface area contributed by atoms with Crippen LogP contribution in [-0.4, -0.2) is 43.7 Å². The Hall–Kier alpha value is -1.69. The lowest BCUT2D eigenvalue weighted by molar-refractivity contribution is 0.0993. The molecule has 2 aromatic carbocycles. The number of rotatable bonds is 5. The summed E-state index contributed by atoms with van der Waals surface area (Å²) in [5, 5.41) is 0.617. The lowest BCUT2D eigenvalue weighted by atomic mass is 10.0. The topological polar surface area (TPSA) is 54.5 Å². The molecule has 0 aromatic heterocycles. The van der Waals surface area contributed by atoms with Gasteiger partial charge in [-0.25, -0.2) is 8.42 Å². The van der Waals surface area contributed by atoms with E-state index in [4.69, 9.17) is 11.6 Å². The minimum atomic E-state index is -2.84. The molecule has 0 aliphatic carbocycles. The normalized spacial score (nSPS) is 17.3. The molecule has 4 nitrogen and oxygen atoms in total. The van der Waals surface area contributed by atoms with Crippen LogP contribution < -0.4 is 0 Å². The first kappa shape index (κ1) is 18.1. The number of benzene rings is 2. The molecule has 0 atom stereocenters. The van der Waals surface area contributed by atoms with Gasteiger partial charge in [-0.05, 0) is 35.4 Å². The molecule has 2 aromatic rings. The number of ketones is 1. The monoisotopic (exact) mass is 377 g/mol. The van der Waals surface area contributed by atoms with Gasteiger partial charge < -0.3 is 0 Å². The van der Waals surface area contributed by atoms with Crippen LogP contribution in [0.1, 0.15) is 21.5 Å². The van der Waals surface area contributed by atoms with Gasteiger partial charge in [0.25, 0.3) is 0 Å². The van der Waals surface area contributed by atoms with Crippen LogP contribution in [0.4, 0.5) is 0 Å². The molecule has 6 heteroatoms. The summed E-state index contributed by atoms with van der Waals surface area (Å²) in [6.07, 6.45) is 0.351. The van der Waals surface area contributed by atoms with Crippen molar-refractivity contribution in [3.8, 4) is 0 Å². The maximum atomic E-state index is 12.3. The van der Waals surface area contributed by atoms with Crippen molar-refractivity contribution in [2.75, 3.05) is 24.6 Å². The maximum absolute atomic E-state index is 12.3. The van der Waals surface area contributed by atoms with E-state index in [0.717, 1.165) is 17.7 Å². The number of hydrogen-bond acceptors (Lipinski definition) is 4. The van der Waals surface area contributed by atoms with Gasteiger partial charge in [0, 0.05) is 36.6 Å². The highest BCUT2D eigenvalue weighted by molar-refractivity contribution is 7.91. The predicted octanol–water partition coefficient (Wildman–Crippen LogP) is 3.00. The first-order valence-corrected chi connectivity index (χ1v) is 10.4. The quantitative estimate of drug-likeness (QED) is 0.751. The first-order chi connectivity index (χ1) is 11.9. The van der Waals surface area contributed by atoms with E-state index >= 15 is 0 Å². The molecule has 0 N–H and O–H groups in total. The maximum Gasteiger partial charge on any atom is 0.167 e. The van der Waals surface area contributed by atoms with Gasteiger partial charge in [0.15, 0.2) is 15.6 Å². The van der Waals surface area contributed by atoms with E-state index in [1.807, 2.05) is 24.3 Å². The Morgan fingerprint density at radius 2 is 1.48 bits per heavy atom. The zero-order valence-electron chi connectivity index (χ0n) is 13.8. The molecule has 3 rings (SSSR count). The molecular formula is C19H20ClNO3S. The largest absolute Gasteiger partial charge is 0.297 e. The summed E-state index contributed by atoms with van der Waals surface area (Å²) >= 11 is 5.84. The van der Waals surface area contributed by atoms with Crippen LogP contribution in [0, 0.1) is 0 Å². The lowest BCUT2D eigenvalue weighted by Crippen LogP contribution is -2.39. The number of carbonyl (C=O) groups is 1. The molecule has 1 aliphatic heterocycles. The summed E-state index contributed by atoms with van der Waals surface area (Å²) in [5.74, 6) is 0.534. The summed E-state index contributed by atoms with van der Waals surface area (Å²) in [5.41, 5.74) is 2.75. The predicted molar refractivity (Wildman–Crippen MR) is 99.9 cm³/mol. The first-order valence-electron chi connectivity index (χ1n) is 8.21. The Kier molecular flexibility index (Phi) is 5.57. The Morgan fingerprint density at radius 3 is 2.08 bits per heavy atom. The van der Waals surface area contributed by atoms with Gasteiger partial charge in [-0.1, -0.05) is 35.9 Å². The average Bonchev–Trinajstić information content (AvgIpc) is 2.59. The van der Waals surface area contributed by atoms with Crippen molar-refractivity contribution in [2.24, 2.45) is 0 Å². The number of Topliss-reactive ketones (excluding diaryl/α,β-unsaturated/α-hetero) is 1. The van der Waals surface area contributed by atoms with Gasteiger partial charge in [-0.15, -0.1) is 0 Å². The Labute approximate surface area is 153 Å². The molecule has 0 spiro atoms. The van der Waals surface area contributed by atoms with Gasteiger partial charge in [0.1, 0.15) is 0 Å². The highest BCUT2D eigenvalue weighted by atomic mass is 35.5. The second-order valence-corrected chi connectivity index (χ2v) is 9.09. The Balaban J connectivity index is 1.57. The van der Waals surface area contributed by atoms with Crippen LogP contribution in [-0.2, 0) is 22.8 Å². The standard InChI is InChI=1S/C19H20ClNO3S/c20-18-7-5-17(6-8-18)19(22)13-15-1-3-16(4-2-15)14-21-9-11-25(23,24)12-10-21/h1-8H,9-14H2. The summed E-state index contributed by atoms with van der Waals surface area (Å²) in [6, 6.07) is 14.9. The Bertz CT molecular complexity index is 831. The van der Waals surface area contributed by atoms with E-state index in [2.05, 4.69) is 4.90 Å². The van der Waals surface area contributed by atoms with E-state index in [1.54, 1.807) is 24.3 Å². The fourth-order valence-electron chi connectivity index (χ4n) is 2.85. The van der Waals surface area contributed by atoms with Crippen molar-refractivity contribution >= 4 is 27.2 Å². The molecule has 0 bridgehead atoms. The highest BCUT2D eigenvalue weighted by Crippen LogP contribution is 2.14. The van der Waals surface area contributed by atoms with Crippen LogP contribution >= 0.6 is 11.6 Å². The van der Waals surface area contributed by atoms with Gasteiger partial charge in [0.2, 0.25) is 0 Å². The number of sulfone groups is 1. The molecule has 1 aliphatic rings. The molecule has 0 unspecified atom stereocenters. The van der Waals surface area contributed by atoms with Crippen molar-refractivity contribution in [3.05, 3.63) is 70.2 Å². The van der Waals surface area contributed by atoms with Crippen LogP contribution in [0.25, 0.3) is 0 Å². The van der Waals surface area contributed by atoms with Crippen molar-refractivity contribution in [3.63, 3.8) is 0 Å². The molecule has 132 valence electrons. The molecule has 0 radical (unpaired) electrons. The van der Waals surface area contributed by atoms with E-state index in [1.165, 1.54) is 0 Å². The average molecular weight is 378 g/mol. The van der Waals surface area contributed by atoms with E-state index in [0.29, 0.717) is 30.1 Å². The summed E-state index contributed by atoms with van der Waals surface area (Å²) < 4.78 is 22.9. The molecule has 0 saturated carbocycles. The fourth-order valence-corrected chi connectivity index (χ4v) is 4.26. The number of halogens is 1. The van der Waals surface area contributed by atoms with Crippen LogP contribution in [0.5, 0.6) is 0 Å². The van der Waals surface area contributed by atoms with Crippen LogP contribution in [0.15, 0.2) is 48.5 Å². The molecule has 0 amide bonds. The molecule has 25 heavy (non-hydrogen) atoms. The SMILES string of the molecule is O=C(Cc1ccc(CN2CCS(=O)(=O)CC2)cc1)c1ccc(Cl)cc1. The summed E-state index contributed by atoms with van der Waals surface area (Å²) in [7, 11) is -2.84. The van der Waals surface area contributed by atoms with Crippen molar-refractivity contribution in [1.29, 1.82) is 0 Å². The minimum absolute atomic E-state index is 0.0608. The molecular weight excluding hydrogens is 358 g/mol. The fraction of sp³-hybridized carbons (Fsp3) is 0.316. The zero-order valence-corrected chi connectivity index (χ0v) is 15.4. The van der Waals surface area contributed by atoms with Gasteiger partial charge >= 0.3 is 0 Å². The number of carbonyl (C=O) groups excluding carboxylic acids is 1. The van der Waals surface area contributed by atoms with Crippen molar-refractivity contribution < 1.29 is 13.2 Å². The van der Waals surface area contributed by atoms with Crippen LogP contribution in [0.2, 0.25) is 5.02 Å². The number of hydrogen-bond donors (Lipinski definition) is 0. The van der Waals surface area contributed by atoms with E-state index in [-0.39, 0.29) is 17.3 Å². The molecule has 1 fully saturated rings. The zero-order chi connectivity index (χ0) is 17.9. The second-order valence-electron chi connectivity index (χ2n) is 6.35. The van der Waals surface area contributed by atoms with Crippen molar-refractivity contribution in [1.82, 2.24) is 4.90 Å². The van der Waals surface area contributed by atoms with Gasteiger partial charge in [-0.3, -0.25) is 9.69 Å². The lowest BCUT2D eigenvalue weighted by Gasteiger charge is -2.26. The third kappa shape index (κ3) is 5.14. The van der Waals surface area contributed by atoms with Gasteiger partial charge in [0.05, 0.1) is 11.5 Å². The third-order valence-corrected chi connectivity index (χ3v) is 6.26. The van der Waals surface area contributed by atoms with E-state index in [9.17, 15) is 13.2 Å². The minimum Gasteiger partial charge on any atom is -0.297 e. The third-order valence-electron chi connectivity index (χ3n) is 4.40. The van der Waals surface area contributed by atoms with Crippen molar-refractivity contribution in [2.45, 2.75) is 13.0 Å². The smallest absolute Gasteiger partial charge is 0.167 e. The Morgan fingerprint density at radius 1 is 0.920 bits per heavy atom. The summed E-state index contributed by atoms with van der Waals surface area (Å²) in [4.78, 5) is 14.4. The molecule has 1 heterocycles. The second kappa shape index (κ2) is 7.68. The van der Waals surface area contributed by atoms with Crippen LogP contribution in [0.3, 0.4) is 0 Å². The van der Waals surface area contributed by atoms with E-state index < -0.39 is 9.84 Å². The molecule has 1 saturated heterocycles. The number of nitrogens with zero attached hydrogens (tertiary/aromatic N) is 1. The van der Waals surface area contributed by atoms with Gasteiger partial charge in [-0.2, -0.15) is 0 Å². The summed E-state index contributed by atoms with van der Waals surface area (Å²) in [6.45, 7) is 1.90. The highest BCUT2D eigenvalue weighted by Gasteiger charge is 2.21.